The second-order valence-electron chi connectivity index (χ2n) is 10.0. The molecule has 7 heteroatoms. The van der Waals surface area contributed by atoms with Crippen molar-refractivity contribution < 1.29 is 9.18 Å². The zero-order valence-electron chi connectivity index (χ0n) is 20.5. The van der Waals surface area contributed by atoms with Crippen LogP contribution in [0.2, 0.25) is 5.15 Å². The third kappa shape index (κ3) is 4.81. The number of rotatable bonds is 5. The lowest BCUT2D eigenvalue weighted by Gasteiger charge is -2.29. The summed E-state index contributed by atoms with van der Waals surface area (Å²) < 4.78 is 15.0. The summed E-state index contributed by atoms with van der Waals surface area (Å²) in [5.74, 6) is 1.74. The first kappa shape index (κ1) is 24.3. The molecule has 3 aromatic rings. The summed E-state index contributed by atoms with van der Waals surface area (Å²) in [4.78, 5) is 24.3. The largest absolute Gasteiger partial charge is 0.369 e. The van der Waals surface area contributed by atoms with Crippen LogP contribution in [0.4, 0.5) is 15.8 Å². The van der Waals surface area contributed by atoms with Gasteiger partial charge in [0.1, 0.15) is 16.7 Å². The maximum Gasteiger partial charge on any atom is 0.255 e. The predicted octanol–water partition coefficient (Wildman–Crippen LogP) is 6.52. The summed E-state index contributed by atoms with van der Waals surface area (Å²) in [5, 5.41) is 2.98. The minimum atomic E-state index is -0.511. The van der Waals surface area contributed by atoms with Crippen molar-refractivity contribution in [2.75, 3.05) is 23.3 Å². The number of carbonyl (C=O) groups is 1. The van der Waals surface area contributed by atoms with Gasteiger partial charge in [0, 0.05) is 41.5 Å². The van der Waals surface area contributed by atoms with Crippen LogP contribution in [0.25, 0.3) is 11.1 Å². The highest BCUT2D eigenvalue weighted by molar-refractivity contribution is 6.29. The van der Waals surface area contributed by atoms with E-state index >= 15 is 0 Å². The van der Waals surface area contributed by atoms with Gasteiger partial charge in [-0.25, -0.2) is 14.4 Å². The van der Waals surface area contributed by atoms with Crippen molar-refractivity contribution in [3.05, 3.63) is 70.0 Å². The number of pyridine rings is 2. The smallest absolute Gasteiger partial charge is 0.255 e. The predicted molar refractivity (Wildman–Crippen MR) is 142 cm³/mol. The standard InChI is InChI=1S/C29H28ClFN4O/c1-4-23-25(35-10-6-5-7-11-35)13-20(17-32-23)21-16-24(22(31)12-18(21)2)33-28(36)19-14-26(29(3)8-9-29)34-27(30)15-19/h1,12-17H,5-11H2,2-3H3,(H,33,36). The number of terminal acetylenes is 1. The minimum absolute atomic E-state index is 0.0498. The van der Waals surface area contributed by atoms with E-state index in [4.69, 9.17) is 18.0 Å². The first-order chi connectivity index (χ1) is 17.3. The quantitative estimate of drug-likeness (QED) is 0.319. The Hall–Kier alpha value is -3.43. The van der Waals surface area contributed by atoms with E-state index in [1.807, 2.05) is 13.0 Å². The van der Waals surface area contributed by atoms with Gasteiger partial charge >= 0.3 is 0 Å². The van der Waals surface area contributed by atoms with E-state index in [0.29, 0.717) is 11.3 Å². The second kappa shape index (κ2) is 9.55. The van der Waals surface area contributed by atoms with Crippen molar-refractivity contribution in [1.29, 1.82) is 0 Å². The van der Waals surface area contributed by atoms with Crippen LogP contribution in [-0.4, -0.2) is 29.0 Å². The van der Waals surface area contributed by atoms with Gasteiger partial charge in [-0.1, -0.05) is 18.5 Å². The number of anilines is 2. The van der Waals surface area contributed by atoms with Gasteiger partial charge in [0.15, 0.2) is 0 Å². The maximum atomic E-state index is 15.0. The molecule has 5 rings (SSSR count). The van der Waals surface area contributed by atoms with Gasteiger partial charge < -0.3 is 10.2 Å². The van der Waals surface area contributed by atoms with Crippen molar-refractivity contribution in [3.8, 4) is 23.5 Å². The van der Waals surface area contributed by atoms with E-state index in [0.717, 1.165) is 66.8 Å². The molecular weight excluding hydrogens is 475 g/mol. The number of aryl methyl sites for hydroxylation is 1. The summed E-state index contributed by atoms with van der Waals surface area (Å²) in [6.45, 7) is 5.79. The summed E-state index contributed by atoms with van der Waals surface area (Å²) in [5.41, 5.74) is 5.03. The fourth-order valence-corrected chi connectivity index (χ4v) is 4.95. The first-order valence-electron chi connectivity index (χ1n) is 12.3. The maximum absolute atomic E-state index is 15.0. The number of aromatic nitrogens is 2. The van der Waals surface area contributed by atoms with Crippen molar-refractivity contribution in [1.82, 2.24) is 9.97 Å². The highest BCUT2D eigenvalue weighted by Gasteiger charge is 2.41. The number of piperidine rings is 1. The molecule has 1 amide bonds. The number of carbonyl (C=O) groups excluding carboxylic acids is 1. The molecule has 1 aromatic carbocycles. The van der Waals surface area contributed by atoms with Gasteiger partial charge in [0.05, 0.1) is 11.4 Å². The zero-order chi connectivity index (χ0) is 25.4. The van der Waals surface area contributed by atoms with Crippen LogP contribution in [0.3, 0.4) is 0 Å². The summed E-state index contributed by atoms with van der Waals surface area (Å²) in [7, 11) is 0. The van der Waals surface area contributed by atoms with Crippen LogP contribution in [-0.2, 0) is 5.41 Å². The Kier molecular flexibility index (Phi) is 6.44. The van der Waals surface area contributed by atoms with E-state index in [1.165, 1.54) is 18.6 Å². The summed E-state index contributed by atoms with van der Waals surface area (Å²) in [6.07, 6.45) is 12.9. The topological polar surface area (TPSA) is 58.1 Å². The number of halogens is 2. The van der Waals surface area contributed by atoms with Gasteiger partial charge in [-0.2, -0.15) is 0 Å². The Morgan fingerprint density at radius 1 is 1.17 bits per heavy atom. The van der Waals surface area contributed by atoms with Crippen LogP contribution in [0.15, 0.2) is 36.5 Å². The summed E-state index contributed by atoms with van der Waals surface area (Å²) in [6, 6.07) is 8.35. The van der Waals surface area contributed by atoms with E-state index in [-0.39, 0.29) is 16.3 Å². The van der Waals surface area contributed by atoms with Crippen LogP contribution in [0, 0.1) is 25.1 Å². The van der Waals surface area contributed by atoms with Crippen molar-refractivity contribution in [2.45, 2.75) is 51.4 Å². The average Bonchev–Trinajstić information content (AvgIpc) is 3.64. The fourth-order valence-electron chi connectivity index (χ4n) is 4.74. The van der Waals surface area contributed by atoms with Crippen molar-refractivity contribution in [2.24, 2.45) is 0 Å². The van der Waals surface area contributed by atoms with E-state index in [1.54, 1.807) is 18.3 Å². The molecule has 2 aromatic heterocycles. The molecule has 0 atom stereocenters. The lowest BCUT2D eigenvalue weighted by atomic mass is 9.99. The molecule has 2 aliphatic rings. The molecule has 184 valence electrons. The van der Waals surface area contributed by atoms with Crippen LogP contribution in [0.1, 0.15) is 66.3 Å². The Morgan fingerprint density at radius 2 is 1.92 bits per heavy atom. The molecule has 3 heterocycles. The molecule has 0 bridgehead atoms. The Balaban J connectivity index is 1.47. The molecule has 1 aliphatic carbocycles. The monoisotopic (exact) mass is 502 g/mol. The number of amides is 1. The number of hydrogen-bond acceptors (Lipinski definition) is 4. The van der Waals surface area contributed by atoms with Crippen LogP contribution < -0.4 is 10.2 Å². The number of nitrogens with zero attached hydrogens (tertiary/aromatic N) is 3. The third-order valence-corrected chi connectivity index (χ3v) is 7.44. The first-order valence-corrected chi connectivity index (χ1v) is 12.7. The van der Waals surface area contributed by atoms with Gasteiger partial charge in [0.25, 0.3) is 5.91 Å². The molecule has 1 aliphatic heterocycles. The van der Waals surface area contributed by atoms with Gasteiger partial charge in [-0.15, -0.1) is 6.42 Å². The number of hydrogen-bond donors (Lipinski definition) is 1. The lowest BCUT2D eigenvalue weighted by molar-refractivity contribution is 0.102. The van der Waals surface area contributed by atoms with Gasteiger partial charge in [-0.05, 0) is 86.4 Å². The molecule has 5 nitrogen and oxygen atoms in total. The molecule has 36 heavy (non-hydrogen) atoms. The Labute approximate surface area is 216 Å². The summed E-state index contributed by atoms with van der Waals surface area (Å²) >= 11 is 6.20. The average molecular weight is 503 g/mol. The zero-order valence-corrected chi connectivity index (χ0v) is 21.3. The van der Waals surface area contributed by atoms with Crippen LogP contribution in [0.5, 0.6) is 0 Å². The molecule has 0 spiro atoms. The molecule has 1 saturated carbocycles. The van der Waals surface area contributed by atoms with Gasteiger partial charge in [0.2, 0.25) is 0 Å². The highest BCUT2D eigenvalue weighted by Crippen LogP contribution is 2.47. The molecular formula is C29H28ClFN4O. The lowest BCUT2D eigenvalue weighted by Crippen LogP contribution is -2.30. The molecule has 1 saturated heterocycles. The van der Waals surface area contributed by atoms with E-state index in [2.05, 4.69) is 33.0 Å². The van der Waals surface area contributed by atoms with Gasteiger partial charge in [-0.3, -0.25) is 4.79 Å². The third-order valence-electron chi connectivity index (χ3n) is 7.25. The highest BCUT2D eigenvalue weighted by atomic mass is 35.5. The molecule has 1 N–H and O–H groups in total. The molecule has 0 unspecified atom stereocenters. The number of nitrogens with one attached hydrogen (secondary N) is 1. The normalized spacial score (nSPS) is 16.4. The molecule has 2 fully saturated rings. The van der Waals surface area contributed by atoms with Crippen molar-refractivity contribution in [3.63, 3.8) is 0 Å². The molecule has 0 radical (unpaired) electrons. The van der Waals surface area contributed by atoms with Crippen LogP contribution >= 0.6 is 11.6 Å². The number of benzene rings is 1. The van der Waals surface area contributed by atoms with Crippen molar-refractivity contribution >= 4 is 28.9 Å². The second-order valence-corrected chi connectivity index (χ2v) is 10.4. The Bertz CT molecular complexity index is 1390. The minimum Gasteiger partial charge on any atom is -0.369 e. The Morgan fingerprint density at radius 3 is 2.61 bits per heavy atom. The van der Waals surface area contributed by atoms with E-state index < -0.39 is 11.7 Å². The SMILES string of the molecule is C#Cc1ncc(-c2cc(NC(=O)c3cc(Cl)nc(C4(C)CC4)c3)c(F)cc2C)cc1N1CCCCC1. The van der Waals surface area contributed by atoms with E-state index in [9.17, 15) is 9.18 Å². The fraction of sp³-hybridized carbons (Fsp3) is 0.345.